The molecular weight excluding hydrogens is 140 g/mol. The Morgan fingerprint density at radius 1 is 1.50 bits per heavy atom. The molecular formula is C9H14S. The predicted octanol–water partition coefficient (Wildman–Crippen LogP) is 3.04. The van der Waals surface area contributed by atoms with Gasteiger partial charge in [0.05, 0.1) is 0 Å². The van der Waals surface area contributed by atoms with Crippen molar-refractivity contribution in [3.63, 3.8) is 0 Å². The highest BCUT2D eigenvalue weighted by Crippen LogP contribution is 2.02. The van der Waals surface area contributed by atoms with E-state index in [4.69, 9.17) is 0 Å². The fourth-order valence-electron chi connectivity index (χ4n) is 0.574. The van der Waals surface area contributed by atoms with Crippen LogP contribution in [0.4, 0.5) is 0 Å². The van der Waals surface area contributed by atoms with Crippen molar-refractivity contribution >= 4 is 11.8 Å². The van der Waals surface area contributed by atoms with Crippen LogP contribution in [0.2, 0.25) is 0 Å². The van der Waals surface area contributed by atoms with E-state index >= 15 is 0 Å². The molecule has 0 aliphatic rings. The SMILES string of the molecule is C=C/C=C\C=C(\C)CSC. The molecule has 0 heterocycles. The average Bonchev–Trinajstić information content (AvgIpc) is 1.89. The van der Waals surface area contributed by atoms with Crippen LogP contribution >= 0.6 is 11.8 Å². The highest BCUT2D eigenvalue weighted by Gasteiger charge is 1.81. The molecule has 56 valence electrons. The minimum absolute atomic E-state index is 1.11. The first kappa shape index (κ1) is 9.57. The molecule has 0 fully saturated rings. The number of hydrogen-bond acceptors (Lipinski definition) is 1. The molecule has 0 aromatic carbocycles. The molecule has 0 rings (SSSR count). The Bertz CT molecular complexity index is 143. The summed E-state index contributed by atoms with van der Waals surface area (Å²) < 4.78 is 0. The van der Waals surface area contributed by atoms with Gasteiger partial charge in [-0.15, -0.1) is 0 Å². The third kappa shape index (κ3) is 5.70. The van der Waals surface area contributed by atoms with Gasteiger partial charge in [-0.05, 0) is 13.2 Å². The highest BCUT2D eigenvalue weighted by atomic mass is 32.2. The maximum absolute atomic E-state index is 3.58. The van der Waals surface area contributed by atoms with Crippen LogP contribution in [0, 0.1) is 0 Å². The molecule has 0 bridgehead atoms. The van der Waals surface area contributed by atoms with E-state index in [9.17, 15) is 0 Å². The zero-order valence-electron chi connectivity index (χ0n) is 6.63. The minimum Gasteiger partial charge on any atom is -0.161 e. The van der Waals surface area contributed by atoms with E-state index in [1.165, 1.54) is 5.57 Å². The van der Waals surface area contributed by atoms with Gasteiger partial charge in [0.15, 0.2) is 0 Å². The van der Waals surface area contributed by atoms with Crippen LogP contribution in [0.3, 0.4) is 0 Å². The number of thioether (sulfide) groups is 1. The number of hydrogen-bond donors (Lipinski definition) is 0. The van der Waals surface area contributed by atoms with Crippen LogP contribution in [0.25, 0.3) is 0 Å². The van der Waals surface area contributed by atoms with E-state index in [0.717, 1.165) is 5.75 Å². The molecule has 0 aliphatic heterocycles. The fourth-order valence-corrected chi connectivity index (χ4v) is 1.13. The molecule has 0 atom stereocenters. The van der Waals surface area contributed by atoms with Crippen molar-refractivity contribution in [2.75, 3.05) is 12.0 Å². The van der Waals surface area contributed by atoms with Crippen molar-refractivity contribution in [3.8, 4) is 0 Å². The Morgan fingerprint density at radius 3 is 2.70 bits per heavy atom. The number of allylic oxidation sites excluding steroid dienone is 4. The standard InChI is InChI=1S/C9H14S/c1-4-5-6-7-9(2)8-10-3/h4-7H,1,8H2,2-3H3/b6-5-,9-7-. The molecule has 0 nitrogen and oxygen atoms in total. The molecule has 0 saturated carbocycles. The summed E-state index contributed by atoms with van der Waals surface area (Å²) >= 11 is 1.84. The summed E-state index contributed by atoms with van der Waals surface area (Å²) in [7, 11) is 0. The maximum atomic E-state index is 3.58. The van der Waals surface area contributed by atoms with E-state index in [0.29, 0.717) is 0 Å². The minimum atomic E-state index is 1.11. The van der Waals surface area contributed by atoms with Gasteiger partial charge in [0.25, 0.3) is 0 Å². The van der Waals surface area contributed by atoms with Crippen LogP contribution < -0.4 is 0 Å². The van der Waals surface area contributed by atoms with Gasteiger partial charge in [-0.2, -0.15) is 11.8 Å². The second-order valence-corrected chi connectivity index (χ2v) is 2.93. The van der Waals surface area contributed by atoms with Crippen molar-refractivity contribution in [1.29, 1.82) is 0 Å². The molecule has 0 aromatic rings. The first-order chi connectivity index (χ1) is 4.81. The lowest BCUT2D eigenvalue weighted by atomic mass is 10.3. The summed E-state index contributed by atoms with van der Waals surface area (Å²) in [5.41, 5.74) is 1.39. The molecule has 0 spiro atoms. The van der Waals surface area contributed by atoms with Gasteiger partial charge in [0.1, 0.15) is 0 Å². The van der Waals surface area contributed by atoms with Crippen molar-refractivity contribution < 1.29 is 0 Å². The number of rotatable bonds is 4. The zero-order valence-corrected chi connectivity index (χ0v) is 7.45. The van der Waals surface area contributed by atoms with Gasteiger partial charge in [-0.25, -0.2) is 0 Å². The maximum Gasteiger partial charge on any atom is 0.0140 e. The quantitative estimate of drug-likeness (QED) is 0.561. The largest absolute Gasteiger partial charge is 0.161 e. The molecule has 0 radical (unpaired) electrons. The Kier molecular flexibility index (Phi) is 6.40. The van der Waals surface area contributed by atoms with Gasteiger partial charge < -0.3 is 0 Å². The molecule has 0 aromatic heterocycles. The van der Waals surface area contributed by atoms with Crippen molar-refractivity contribution in [1.82, 2.24) is 0 Å². The summed E-state index contributed by atoms with van der Waals surface area (Å²) in [5.74, 6) is 1.11. The molecule has 0 aliphatic carbocycles. The van der Waals surface area contributed by atoms with Crippen LogP contribution in [0.1, 0.15) is 6.92 Å². The average molecular weight is 154 g/mol. The molecule has 0 saturated heterocycles. The van der Waals surface area contributed by atoms with Gasteiger partial charge in [-0.3, -0.25) is 0 Å². The smallest absolute Gasteiger partial charge is 0.0140 e. The lowest BCUT2D eigenvalue weighted by molar-refractivity contribution is 1.41. The van der Waals surface area contributed by atoms with Gasteiger partial charge in [0.2, 0.25) is 0 Å². The van der Waals surface area contributed by atoms with Crippen LogP contribution in [0.5, 0.6) is 0 Å². The van der Waals surface area contributed by atoms with Crippen LogP contribution in [-0.4, -0.2) is 12.0 Å². The third-order valence-corrected chi connectivity index (χ3v) is 1.74. The second-order valence-electron chi connectivity index (χ2n) is 2.07. The molecule has 0 N–H and O–H groups in total. The van der Waals surface area contributed by atoms with Gasteiger partial charge in [0, 0.05) is 5.75 Å². The van der Waals surface area contributed by atoms with Crippen LogP contribution in [0.15, 0.2) is 36.5 Å². The topological polar surface area (TPSA) is 0 Å². The first-order valence-corrected chi connectivity index (χ1v) is 4.64. The lowest BCUT2D eigenvalue weighted by Gasteiger charge is -1.92. The first-order valence-electron chi connectivity index (χ1n) is 3.25. The van der Waals surface area contributed by atoms with E-state index in [-0.39, 0.29) is 0 Å². The Hall–Kier alpha value is -0.430. The van der Waals surface area contributed by atoms with Gasteiger partial charge >= 0.3 is 0 Å². The summed E-state index contributed by atoms with van der Waals surface area (Å²) in [5, 5.41) is 0. The second kappa shape index (κ2) is 6.69. The molecule has 0 amide bonds. The normalized spacial score (nSPS) is 12.4. The van der Waals surface area contributed by atoms with Crippen LogP contribution in [-0.2, 0) is 0 Å². The fraction of sp³-hybridized carbons (Fsp3) is 0.333. The van der Waals surface area contributed by atoms with Gasteiger partial charge in [-0.1, -0.05) is 36.5 Å². The van der Waals surface area contributed by atoms with E-state index < -0.39 is 0 Å². The van der Waals surface area contributed by atoms with E-state index in [2.05, 4.69) is 25.8 Å². The lowest BCUT2D eigenvalue weighted by Crippen LogP contribution is -1.76. The van der Waals surface area contributed by atoms with Crippen molar-refractivity contribution in [3.05, 3.63) is 36.5 Å². The van der Waals surface area contributed by atoms with Crippen molar-refractivity contribution in [2.24, 2.45) is 0 Å². The Morgan fingerprint density at radius 2 is 2.20 bits per heavy atom. The summed E-state index contributed by atoms with van der Waals surface area (Å²) in [4.78, 5) is 0. The van der Waals surface area contributed by atoms with Crippen molar-refractivity contribution in [2.45, 2.75) is 6.92 Å². The molecule has 0 unspecified atom stereocenters. The molecule has 1 heteroatoms. The summed E-state index contributed by atoms with van der Waals surface area (Å²) in [6, 6.07) is 0. The monoisotopic (exact) mass is 154 g/mol. The highest BCUT2D eigenvalue weighted by molar-refractivity contribution is 7.98. The van der Waals surface area contributed by atoms with E-state index in [1.54, 1.807) is 6.08 Å². The predicted molar refractivity (Wildman–Crippen MR) is 51.5 cm³/mol. The summed E-state index contributed by atoms with van der Waals surface area (Å²) in [6.07, 6.45) is 9.94. The Labute approximate surface area is 67.7 Å². The van der Waals surface area contributed by atoms with E-state index in [1.807, 2.05) is 23.9 Å². The summed E-state index contributed by atoms with van der Waals surface area (Å²) in [6.45, 7) is 5.71. The molecule has 10 heavy (non-hydrogen) atoms. The third-order valence-electron chi connectivity index (χ3n) is 1.000. The zero-order chi connectivity index (χ0) is 7.82. The Balaban J connectivity index is 3.67.